The van der Waals surface area contributed by atoms with Gasteiger partial charge in [0, 0.05) is 12.8 Å². The van der Waals surface area contributed by atoms with Gasteiger partial charge in [-0.25, -0.2) is 0 Å². The molecule has 0 fully saturated rings. The number of amides is 1. The van der Waals surface area contributed by atoms with Crippen molar-refractivity contribution in [3.05, 3.63) is 72.9 Å². The van der Waals surface area contributed by atoms with Crippen molar-refractivity contribution in [1.29, 1.82) is 0 Å². The lowest BCUT2D eigenvalue weighted by atomic mass is 10.0. The highest BCUT2D eigenvalue weighted by Gasteiger charge is 2.27. The molecule has 0 saturated heterocycles. The highest BCUT2D eigenvalue weighted by molar-refractivity contribution is 7.45. The van der Waals surface area contributed by atoms with Gasteiger partial charge in [-0.1, -0.05) is 190 Å². The highest BCUT2D eigenvalue weighted by atomic mass is 31.2. The molecule has 0 radical (unpaired) electrons. The summed E-state index contributed by atoms with van der Waals surface area (Å²) in [6.07, 6.45) is 57.3. The van der Waals surface area contributed by atoms with Gasteiger partial charge in [0.2, 0.25) is 5.91 Å². The summed E-state index contributed by atoms with van der Waals surface area (Å²) in [6.45, 7) is 6.70. The van der Waals surface area contributed by atoms with E-state index >= 15 is 0 Å². The van der Waals surface area contributed by atoms with Gasteiger partial charge >= 0.3 is 5.97 Å². The predicted octanol–water partition coefficient (Wildman–Crippen LogP) is 15.1. The monoisotopic (exact) mass is 945 g/mol. The second-order valence-electron chi connectivity index (χ2n) is 19.0. The van der Waals surface area contributed by atoms with Gasteiger partial charge in [-0.15, -0.1) is 0 Å². The number of allylic oxidation sites excluding steroid dienone is 11. The van der Waals surface area contributed by atoms with Crippen LogP contribution in [0, 0.1) is 0 Å². The first kappa shape index (κ1) is 63.5. The molecular formula is C56H101N2O7P. The van der Waals surface area contributed by atoms with E-state index in [0.717, 1.165) is 89.9 Å². The molecule has 0 bridgehead atoms. The average molecular weight is 945 g/mol. The van der Waals surface area contributed by atoms with Crippen LogP contribution in [-0.4, -0.2) is 69.4 Å². The summed E-state index contributed by atoms with van der Waals surface area (Å²) in [5.41, 5.74) is 0. The summed E-state index contributed by atoms with van der Waals surface area (Å²) in [4.78, 5) is 39.6. The van der Waals surface area contributed by atoms with Crippen molar-refractivity contribution in [1.82, 2.24) is 5.32 Å². The molecule has 3 atom stereocenters. The Balaban J connectivity index is 5.51. The smallest absolute Gasteiger partial charge is 0.306 e. The van der Waals surface area contributed by atoms with Gasteiger partial charge in [-0.05, 0) is 89.5 Å². The summed E-state index contributed by atoms with van der Waals surface area (Å²) in [7, 11) is 1.14. The lowest BCUT2D eigenvalue weighted by Gasteiger charge is -2.30. The number of esters is 1. The average Bonchev–Trinajstić information content (AvgIpc) is 3.27. The number of carbonyl (C=O) groups excluding carboxylic acids is 2. The molecule has 0 aromatic carbocycles. The van der Waals surface area contributed by atoms with Gasteiger partial charge < -0.3 is 28.5 Å². The molecule has 0 aliphatic heterocycles. The van der Waals surface area contributed by atoms with Crippen molar-refractivity contribution in [2.45, 2.75) is 232 Å². The third-order valence-corrected chi connectivity index (χ3v) is 12.3. The minimum absolute atomic E-state index is 0.0347. The summed E-state index contributed by atoms with van der Waals surface area (Å²) in [5.74, 6) is -0.623. The van der Waals surface area contributed by atoms with E-state index in [1.807, 2.05) is 27.2 Å². The number of ether oxygens (including phenoxy) is 1. The van der Waals surface area contributed by atoms with Crippen LogP contribution in [0.15, 0.2) is 72.9 Å². The number of unbranched alkanes of at least 4 members (excludes halogenated alkanes) is 21. The maximum atomic E-state index is 13.4. The zero-order valence-corrected chi connectivity index (χ0v) is 44.3. The van der Waals surface area contributed by atoms with Gasteiger partial charge in [-0.2, -0.15) is 0 Å². The summed E-state index contributed by atoms with van der Waals surface area (Å²) < 4.78 is 30.1. The van der Waals surface area contributed by atoms with Gasteiger partial charge in [0.05, 0.1) is 33.8 Å². The molecule has 0 spiro atoms. The summed E-state index contributed by atoms with van der Waals surface area (Å²) >= 11 is 0. The van der Waals surface area contributed by atoms with E-state index in [4.69, 9.17) is 13.8 Å². The Kier molecular flexibility index (Phi) is 44.4. The summed E-state index contributed by atoms with van der Waals surface area (Å²) in [6, 6.07) is -0.914. The fraction of sp³-hybridized carbons (Fsp3) is 0.750. The predicted molar refractivity (Wildman–Crippen MR) is 279 cm³/mol. The molecule has 0 aromatic rings. The summed E-state index contributed by atoms with van der Waals surface area (Å²) in [5, 5.41) is 2.99. The molecule has 0 aliphatic rings. The zero-order chi connectivity index (χ0) is 48.7. The number of quaternary nitrogens is 1. The minimum atomic E-state index is -4.70. The minimum Gasteiger partial charge on any atom is -0.756 e. The Hall–Kier alpha value is -2.55. The molecule has 1 N–H and O–H groups in total. The molecular weight excluding hydrogens is 844 g/mol. The lowest BCUT2D eigenvalue weighted by molar-refractivity contribution is -0.870. The maximum Gasteiger partial charge on any atom is 0.306 e. The van der Waals surface area contributed by atoms with Crippen LogP contribution in [0.25, 0.3) is 0 Å². The molecule has 3 unspecified atom stereocenters. The van der Waals surface area contributed by atoms with Crippen molar-refractivity contribution in [3.63, 3.8) is 0 Å². The Morgan fingerprint density at radius 2 is 0.955 bits per heavy atom. The number of hydrogen-bond acceptors (Lipinski definition) is 7. The van der Waals surface area contributed by atoms with E-state index in [2.05, 4.69) is 86.8 Å². The molecule has 0 saturated carbocycles. The van der Waals surface area contributed by atoms with Crippen LogP contribution >= 0.6 is 7.82 Å². The van der Waals surface area contributed by atoms with Crippen LogP contribution in [0.3, 0.4) is 0 Å². The molecule has 0 rings (SSSR count). The fourth-order valence-electron chi connectivity index (χ4n) is 7.14. The largest absolute Gasteiger partial charge is 0.756 e. The maximum absolute atomic E-state index is 13.4. The van der Waals surface area contributed by atoms with Crippen LogP contribution in [0.2, 0.25) is 0 Å². The second kappa shape index (κ2) is 46.2. The van der Waals surface area contributed by atoms with Gasteiger partial charge in [0.1, 0.15) is 19.3 Å². The number of hydrogen-bond donors (Lipinski definition) is 1. The fourth-order valence-corrected chi connectivity index (χ4v) is 7.86. The molecule has 0 aliphatic carbocycles. The Labute approximate surface area is 406 Å². The third-order valence-electron chi connectivity index (χ3n) is 11.4. The number of nitrogens with zero attached hydrogens (tertiary/aromatic N) is 1. The number of nitrogens with one attached hydrogen (secondary N) is 1. The Morgan fingerprint density at radius 3 is 1.50 bits per heavy atom. The molecule has 9 nitrogen and oxygen atoms in total. The molecule has 10 heteroatoms. The van der Waals surface area contributed by atoms with Crippen LogP contribution in [-0.2, 0) is 27.9 Å². The van der Waals surface area contributed by atoms with Crippen molar-refractivity contribution in [3.8, 4) is 0 Å². The molecule has 0 aromatic heterocycles. The van der Waals surface area contributed by atoms with E-state index in [0.29, 0.717) is 23.9 Å². The first-order valence-electron chi connectivity index (χ1n) is 26.7. The van der Waals surface area contributed by atoms with Gasteiger partial charge in [0.15, 0.2) is 0 Å². The van der Waals surface area contributed by atoms with Crippen molar-refractivity contribution in [2.75, 3.05) is 40.9 Å². The zero-order valence-electron chi connectivity index (χ0n) is 43.4. The topological polar surface area (TPSA) is 114 Å². The van der Waals surface area contributed by atoms with Crippen LogP contribution < -0.4 is 10.2 Å². The molecule has 66 heavy (non-hydrogen) atoms. The van der Waals surface area contributed by atoms with E-state index in [-0.39, 0.29) is 18.9 Å². The number of carbonyl (C=O) groups is 2. The number of rotatable bonds is 47. The molecule has 382 valence electrons. The first-order chi connectivity index (χ1) is 31.9. The highest BCUT2D eigenvalue weighted by Crippen LogP contribution is 2.38. The molecule has 1 amide bonds. The Bertz CT molecular complexity index is 1370. The van der Waals surface area contributed by atoms with Crippen molar-refractivity contribution >= 4 is 19.7 Å². The van der Waals surface area contributed by atoms with E-state index in [1.165, 1.54) is 89.9 Å². The van der Waals surface area contributed by atoms with E-state index < -0.39 is 32.5 Å². The number of phosphoric acid groups is 1. The number of phosphoric ester groups is 1. The van der Waals surface area contributed by atoms with Gasteiger partial charge in [0.25, 0.3) is 7.82 Å². The second-order valence-corrected chi connectivity index (χ2v) is 20.4. The SMILES string of the molecule is CCCC/C=C\CCCCCCCC(=O)NC(COP(=O)([O-])OCC[N+](C)(C)C)C(/C=C\CCCCCCCCCCCC)OC(=O)CCC/C=C\C/C=C\C/C=C\C/C=C\CCCCC. The first-order valence-corrected chi connectivity index (χ1v) is 28.2. The third kappa shape index (κ3) is 46.6. The van der Waals surface area contributed by atoms with Crippen LogP contribution in [0.4, 0.5) is 0 Å². The van der Waals surface area contributed by atoms with Crippen LogP contribution in [0.1, 0.15) is 220 Å². The molecule has 0 heterocycles. The Morgan fingerprint density at radius 1 is 0.530 bits per heavy atom. The lowest BCUT2D eigenvalue weighted by Crippen LogP contribution is -2.47. The quantitative estimate of drug-likeness (QED) is 0.0212. The number of likely N-dealkylation sites (N-methyl/N-ethyl adjacent to an activating group) is 1. The van der Waals surface area contributed by atoms with Crippen LogP contribution in [0.5, 0.6) is 0 Å². The van der Waals surface area contributed by atoms with E-state index in [9.17, 15) is 19.0 Å². The van der Waals surface area contributed by atoms with Crippen molar-refractivity contribution in [2.24, 2.45) is 0 Å². The normalized spacial score (nSPS) is 14.5. The standard InChI is InChI=1S/C56H101N2O7P/c1-7-10-13-16-19-22-25-27-28-29-30-31-34-37-40-43-46-49-56(60)65-54(47-44-41-38-35-33-26-23-20-17-14-11-8-2)53(52-64-66(61,62)63-51-50-58(4,5)6)57-55(59)48-45-42-39-36-32-24-21-18-15-12-9-3/h18-19,21-22,27-28,30-31,37,40,44,47,53-54H,7-17,20,23-26,29,32-36,38-39,41-43,45-46,48-52H2,1-6H3,(H-,57,59,61,62)/b21-18-,22-19-,28-27-,31-30-,40-37-,47-44-. The van der Waals surface area contributed by atoms with Gasteiger partial charge in [-0.3, -0.25) is 14.2 Å². The van der Waals surface area contributed by atoms with E-state index in [1.54, 1.807) is 6.08 Å². The van der Waals surface area contributed by atoms with Crippen molar-refractivity contribution < 1.29 is 37.3 Å².